The summed E-state index contributed by atoms with van der Waals surface area (Å²) in [6, 6.07) is 1.86. The molecule has 0 aliphatic carbocycles. The maximum Gasteiger partial charge on any atom is 0.239 e. The highest BCUT2D eigenvalue weighted by molar-refractivity contribution is 5.82. The van der Waals surface area contributed by atoms with Crippen LogP contribution in [-0.2, 0) is 16.1 Å². The molecule has 2 aliphatic heterocycles. The number of aromatic nitrogens is 1. The number of piperazine rings is 2. The van der Waals surface area contributed by atoms with Gasteiger partial charge < -0.3 is 14.3 Å². The van der Waals surface area contributed by atoms with Gasteiger partial charge in [-0.1, -0.05) is 5.16 Å². The molecule has 2 saturated heterocycles. The largest absolute Gasteiger partial charge is 0.361 e. The average molecular weight is 363 g/mol. The fourth-order valence-corrected chi connectivity index (χ4v) is 3.69. The first-order valence-corrected chi connectivity index (χ1v) is 9.37. The molecule has 3 heterocycles. The summed E-state index contributed by atoms with van der Waals surface area (Å²) in [4.78, 5) is 32.5. The zero-order valence-corrected chi connectivity index (χ0v) is 16.0. The van der Waals surface area contributed by atoms with Gasteiger partial charge in [0.2, 0.25) is 11.8 Å². The SMILES string of the molecule is CC(=O)N1CCN(C(=O)C(C)N2CCN(Cc3cc(C)on3)CC2)CC1. The van der Waals surface area contributed by atoms with Gasteiger partial charge in [0.15, 0.2) is 0 Å². The summed E-state index contributed by atoms with van der Waals surface area (Å²) >= 11 is 0. The van der Waals surface area contributed by atoms with Gasteiger partial charge in [-0.25, -0.2) is 0 Å². The number of hydrogen-bond donors (Lipinski definition) is 0. The van der Waals surface area contributed by atoms with Crippen LogP contribution in [-0.4, -0.2) is 95.0 Å². The highest BCUT2D eigenvalue weighted by Gasteiger charge is 2.31. The van der Waals surface area contributed by atoms with E-state index < -0.39 is 0 Å². The van der Waals surface area contributed by atoms with E-state index in [1.807, 2.05) is 24.8 Å². The molecule has 2 fully saturated rings. The number of carbonyl (C=O) groups is 2. The van der Waals surface area contributed by atoms with E-state index in [-0.39, 0.29) is 17.9 Å². The third kappa shape index (κ3) is 4.42. The van der Waals surface area contributed by atoms with Crippen LogP contribution in [0.15, 0.2) is 10.6 Å². The lowest BCUT2D eigenvalue weighted by atomic mass is 10.1. The Morgan fingerprint density at radius 1 is 1.08 bits per heavy atom. The lowest BCUT2D eigenvalue weighted by molar-refractivity contribution is -0.142. The van der Waals surface area contributed by atoms with Crippen molar-refractivity contribution in [3.8, 4) is 0 Å². The van der Waals surface area contributed by atoms with Gasteiger partial charge in [-0.3, -0.25) is 19.4 Å². The van der Waals surface area contributed by atoms with Crippen LogP contribution in [0.1, 0.15) is 25.3 Å². The highest BCUT2D eigenvalue weighted by Crippen LogP contribution is 2.13. The van der Waals surface area contributed by atoms with E-state index in [4.69, 9.17) is 4.52 Å². The zero-order valence-electron chi connectivity index (χ0n) is 16.0. The van der Waals surface area contributed by atoms with Crippen LogP contribution in [0.4, 0.5) is 0 Å². The van der Waals surface area contributed by atoms with Crippen molar-refractivity contribution >= 4 is 11.8 Å². The van der Waals surface area contributed by atoms with Crippen LogP contribution in [0.2, 0.25) is 0 Å². The summed E-state index contributed by atoms with van der Waals surface area (Å²) in [6.45, 7) is 12.4. The van der Waals surface area contributed by atoms with E-state index in [1.165, 1.54) is 0 Å². The number of aryl methyl sites for hydroxylation is 1. The van der Waals surface area contributed by atoms with Crippen LogP contribution in [0.5, 0.6) is 0 Å². The van der Waals surface area contributed by atoms with Gasteiger partial charge in [0.1, 0.15) is 5.76 Å². The highest BCUT2D eigenvalue weighted by atomic mass is 16.5. The van der Waals surface area contributed by atoms with Crippen LogP contribution < -0.4 is 0 Å². The van der Waals surface area contributed by atoms with Crippen molar-refractivity contribution in [1.82, 2.24) is 24.8 Å². The zero-order chi connectivity index (χ0) is 18.7. The van der Waals surface area contributed by atoms with Crippen LogP contribution in [0.25, 0.3) is 0 Å². The smallest absolute Gasteiger partial charge is 0.239 e. The van der Waals surface area contributed by atoms with Gasteiger partial charge in [0, 0.05) is 71.9 Å². The van der Waals surface area contributed by atoms with E-state index in [9.17, 15) is 9.59 Å². The lowest BCUT2D eigenvalue weighted by Gasteiger charge is -2.40. The van der Waals surface area contributed by atoms with Crippen LogP contribution in [0.3, 0.4) is 0 Å². The summed E-state index contributed by atoms with van der Waals surface area (Å²) < 4.78 is 5.12. The number of rotatable bonds is 4. The van der Waals surface area contributed by atoms with Crippen molar-refractivity contribution in [1.29, 1.82) is 0 Å². The van der Waals surface area contributed by atoms with Crippen molar-refractivity contribution < 1.29 is 14.1 Å². The molecule has 144 valence electrons. The maximum atomic E-state index is 12.8. The molecule has 8 heteroatoms. The molecule has 0 bridgehead atoms. The molecule has 26 heavy (non-hydrogen) atoms. The van der Waals surface area contributed by atoms with E-state index in [0.29, 0.717) is 26.2 Å². The quantitative estimate of drug-likeness (QED) is 0.760. The summed E-state index contributed by atoms with van der Waals surface area (Å²) in [5.41, 5.74) is 0.961. The normalized spacial score (nSPS) is 21.0. The van der Waals surface area contributed by atoms with Gasteiger partial charge in [-0.05, 0) is 13.8 Å². The molecule has 1 atom stereocenters. The van der Waals surface area contributed by atoms with Gasteiger partial charge in [0.25, 0.3) is 0 Å². The number of carbonyl (C=O) groups excluding carboxylic acids is 2. The maximum absolute atomic E-state index is 12.8. The molecule has 3 rings (SSSR count). The lowest BCUT2D eigenvalue weighted by Crippen LogP contribution is -2.57. The van der Waals surface area contributed by atoms with Crippen molar-refractivity contribution in [2.45, 2.75) is 33.4 Å². The minimum absolute atomic E-state index is 0.0866. The molecule has 0 saturated carbocycles. The third-order valence-electron chi connectivity index (χ3n) is 5.41. The minimum Gasteiger partial charge on any atom is -0.361 e. The van der Waals surface area contributed by atoms with E-state index in [2.05, 4.69) is 15.0 Å². The number of amides is 2. The Morgan fingerprint density at radius 2 is 1.69 bits per heavy atom. The fourth-order valence-electron chi connectivity index (χ4n) is 3.69. The first-order chi connectivity index (χ1) is 12.4. The molecule has 0 aromatic carbocycles. The molecule has 0 N–H and O–H groups in total. The third-order valence-corrected chi connectivity index (χ3v) is 5.41. The van der Waals surface area contributed by atoms with Gasteiger partial charge in [0.05, 0.1) is 11.7 Å². The van der Waals surface area contributed by atoms with Crippen LogP contribution >= 0.6 is 0 Å². The van der Waals surface area contributed by atoms with Crippen molar-refractivity contribution in [2.75, 3.05) is 52.4 Å². The second-order valence-electron chi connectivity index (χ2n) is 7.25. The predicted molar refractivity (Wildman–Crippen MR) is 96.4 cm³/mol. The van der Waals surface area contributed by atoms with Gasteiger partial charge in [-0.2, -0.15) is 0 Å². The summed E-state index contributed by atoms with van der Waals surface area (Å²) in [5, 5.41) is 4.05. The molecule has 1 unspecified atom stereocenters. The Labute approximate surface area is 154 Å². The molecule has 2 aliphatic rings. The Kier molecular flexibility index (Phi) is 5.93. The average Bonchev–Trinajstić information content (AvgIpc) is 3.06. The molecule has 1 aromatic rings. The summed E-state index contributed by atoms with van der Waals surface area (Å²) in [5.74, 6) is 1.10. The molecule has 0 spiro atoms. The standard InChI is InChI=1S/C18H29N5O3/c1-14-12-17(19-26-14)13-20-4-6-21(7-5-20)15(2)18(25)23-10-8-22(9-11-23)16(3)24/h12,15H,4-11,13H2,1-3H3. The van der Waals surface area contributed by atoms with E-state index in [0.717, 1.165) is 44.2 Å². The summed E-state index contributed by atoms with van der Waals surface area (Å²) in [7, 11) is 0. The number of hydrogen-bond acceptors (Lipinski definition) is 6. The molecular formula is C18H29N5O3. The Morgan fingerprint density at radius 3 is 2.23 bits per heavy atom. The second kappa shape index (κ2) is 8.18. The van der Waals surface area contributed by atoms with E-state index >= 15 is 0 Å². The molecular weight excluding hydrogens is 334 g/mol. The Bertz CT molecular complexity index is 631. The molecule has 0 radical (unpaired) electrons. The van der Waals surface area contributed by atoms with Crippen molar-refractivity contribution in [3.05, 3.63) is 17.5 Å². The van der Waals surface area contributed by atoms with E-state index in [1.54, 1.807) is 11.8 Å². The first-order valence-electron chi connectivity index (χ1n) is 9.37. The van der Waals surface area contributed by atoms with Crippen molar-refractivity contribution in [3.63, 3.8) is 0 Å². The van der Waals surface area contributed by atoms with Gasteiger partial charge >= 0.3 is 0 Å². The fraction of sp³-hybridized carbons (Fsp3) is 0.722. The topological polar surface area (TPSA) is 73.1 Å². The summed E-state index contributed by atoms with van der Waals surface area (Å²) in [6.07, 6.45) is 0. The van der Waals surface area contributed by atoms with Gasteiger partial charge in [-0.15, -0.1) is 0 Å². The van der Waals surface area contributed by atoms with Crippen LogP contribution in [0, 0.1) is 6.92 Å². The number of nitrogens with zero attached hydrogens (tertiary/aromatic N) is 5. The minimum atomic E-state index is -0.115. The Balaban J connectivity index is 1.45. The second-order valence-corrected chi connectivity index (χ2v) is 7.25. The predicted octanol–water partition coefficient (Wildman–Crippen LogP) is 0.180. The first kappa shape index (κ1) is 18.8. The Hall–Kier alpha value is -1.93. The monoisotopic (exact) mass is 363 g/mol. The molecule has 2 amide bonds. The molecule has 8 nitrogen and oxygen atoms in total. The molecule has 1 aromatic heterocycles. The van der Waals surface area contributed by atoms with Crippen molar-refractivity contribution in [2.24, 2.45) is 0 Å².